The van der Waals surface area contributed by atoms with Crippen molar-refractivity contribution in [3.05, 3.63) is 34.9 Å². The fourth-order valence-corrected chi connectivity index (χ4v) is 5.90. The van der Waals surface area contributed by atoms with E-state index in [1.165, 1.54) is 13.5 Å². The zero-order valence-corrected chi connectivity index (χ0v) is 21.8. The summed E-state index contributed by atoms with van der Waals surface area (Å²) in [5.74, 6) is -0.413. The number of hydrogen-bond acceptors (Lipinski definition) is 7. The summed E-state index contributed by atoms with van der Waals surface area (Å²) in [5.41, 5.74) is 1.27. The van der Waals surface area contributed by atoms with Gasteiger partial charge < -0.3 is 29.9 Å². The van der Waals surface area contributed by atoms with Gasteiger partial charge in [-0.1, -0.05) is 33.1 Å². The molecule has 2 amide bonds. The van der Waals surface area contributed by atoms with Crippen LogP contribution in [0.1, 0.15) is 67.8 Å². The molecule has 0 saturated heterocycles. The number of carbonyl (C=O) groups excluding carboxylic acids is 3. The molecule has 1 aliphatic heterocycles. The number of benzene rings is 1. The Morgan fingerprint density at radius 3 is 2.59 bits per heavy atom. The first-order valence-corrected chi connectivity index (χ1v) is 13.2. The molecule has 1 heterocycles. The van der Waals surface area contributed by atoms with Gasteiger partial charge in [0.05, 0.1) is 25.7 Å². The van der Waals surface area contributed by atoms with Gasteiger partial charge in [0.15, 0.2) is 11.5 Å². The van der Waals surface area contributed by atoms with E-state index in [2.05, 4.69) is 5.32 Å². The molecule has 2 aliphatic carbocycles. The molecule has 0 unspecified atom stereocenters. The molecular formula is C28H38N2O7. The van der Waals surface area contributed by atoms with Crippen molar-refractivity contribution in [3.8, 4) is 11.5 Å². The number of amides is 2. The second-order valence-electron chi connectivity index (χ2n) is 10.6. The van der Waals surface area contributed by atoms with Crippen molar-refractivity contribution in [2.75, 3.05) is 26.8 Å². The molecule has 37 heavy (non-hydrogen) atoms. The number of fused-ring (bicyclic) bond motifs is 3. The maximum absolute atomic E-state index is 13.5. The largest absolute Gasteiger partial charge is 0.493 e. The first-order valence-electron chi connectivity index (χ1n) is 13.2. The summed E-state index contributed by atoms with van der Waals surface area (Å²) in [6.45, 7) is 4.00. The van der Waals surface area contributed by atoms with E-state index < -0.39 is 30.1 Å². The van der Waals surface area contributed by atoms with Gasteiger partial charge in [-0.2, -0.15) is 0 Å². The second-order valence-corrected chi connectivity index (χ2v) is 10.6. The lowest BCUT2D eigenvalue weighted by atomic mass is 9.76. The molecule has 9 heteroatoms. The van der Waals surface area contributed by atoms with Crippen molar-refractivity contribution in [2.24, 2.45) is 11.8 Å². The third kappa shape index (κ3) is 5.38. The van der Waals surface area contributed by atoms with Crippen molar-refractivity contribution in [1.29, 1.82) is 0 Å². The molecular weight excluding hydrogens is 476 g/mol. The van der Waals surface area contributed by atoms with Gasteiger partial charge in [0.1, 0.15) is 18.5 Å². The minimum Gasteiger partial charge on any atom is -0.493 e. The Bertz CT molecular complexity index is 1050. The SMILES string of the molecule is COc1cc(C=O)cc2c1O[C@@H]1[C@@H](O)[C@H](N(CC3CCCCC3)C(=O)C(C)C)C=C(C(=O)NCCO)[C@H]21. The normalized spacial score (nSPS) is 25.0. The number of aldehydes is 1. The highest BCUT2D eigenvalue weighted by Gasteiger charge is 2.51. The van der Waals surface area contributed by atoms with Crippen LogP contribution in [-0.4, -0.2) is 78.3 Å². The minimum atomic E-state index is -1.11. The van der Waals surface area contributed by atoms with Crippen molar-refractivity contribution in [1.82, 2.24) is 10.2 Å². The lowest BCUT2D eigenvalue weighted by Crippen LogP contribution is -2.57. The summed E-state index contributed by atoms with van der Waals surface area (Å²) >= 11 is 0. The molecule has 0 bridgehead atoms. The Hall–Kier alpha value is -2.91. The standard InChI is InChI=1S/C28H38N2O7/c1-16(2)28(35)30(14-17-7-5-4-6-8-17)21-13-20(27(34)29-9-10-31)23-19-11-18(15-32)12-22(36-3)25(19)37-26(23)24(21)33/h11-13,15-17,21,23-24,26,31,33H,4-10,14H2,1-3H3,(H,29,34)/t21-,23+,24+,26+/m1/s1. The molecule has 9 nitrogen and oxygen atoms in total. The van der Waals surface area contributed by atoms with Crippen molar-refractivity contribution >= 4 is 18.1 Å². The first-order chi connectivity index (χ1) is 17.8. The van der Waals surface area contributed by atoms with Crippen LogP contribution in [0.5, 0.6) is 11.5 Å². The van der Waals surface area contributed by atoms with Gasteiger partial charge in [-0.3, -0.25) is 14.4 Å². The van der Waals surface area contributed by atoms with Gasteiger partial charge in [0.2, 0.25) is 11.8 Å². The molecule has 1 aromatic carbocycles. The molecule has 4 atom stereocenters. The lowest BCUT2D eigenvalue weighted by Gasteiger charge is -2.42. The Morgan fingerprint density at radius 1 is 1.24 bits per heavy atom. The number of nitrogens with one attached hydrogen (secondary N) is 1. The van der Waals surface area contributed by atoms with Gasteiger partial charge in [-0.15, -0.1) is 0 Å². The molecule has 0 radical (unpaired) electrons. The van der Waals surface area contributed by atoms with E-state index in [1.54, 1.807) is 23.1 Å². The zero-order chi connectivity index (χ0) is 26.7. The van der Waals surface area contributed by atoms with E-state index in [-0.39, 0.29) is 25.0 Å². The summed E-state index contributed by atoms with van der Waals surface area (Å²) in [5, 5.41) is 23.7. The monoisotopic (exact) mass is 514 g/mol. The van der Waals surface area contributed by atoms with Crippen molar-refractivity contribution in [3.63, 3.8) is 0 Å². The van der Waals surface area contributed by atoms with Gasteiger partial charge in [0.25, 0.3) is 0 Å². The van der Waals surface area contributed by atoms with E-state index in [4.69, 9.17) is 9.47 Å². The van der Waals surface area contributed by atoms with E-state index in [0.717, 1.165) is 25.7 Å². The fourth-order valence-electron chi connectivity index (χ4n) is 5.90. The fraction of sp³-hybridized carbons (Fsp3) is 0.607. The molecule has 202 valence electrons. The molecule has 3 N–H and O–H groups in total. The Morgan fingerprint density at radius 2 is 1.97 bits per heavy atom. The van der Waals surface area contributed by atoms with E-state index >= 15 is 0 Å². The summed E-state index contributed by atoms with van der Waals surface area (Å²) in [4.78, 5) is 40.1. The van der Waals surface area contributed by atoms with Crippen LogP contribution in [-0.2, 0) is 9.59 Å². The van der Waals surface area contributed by atoms with Crippen LogP contribution in [0.25, 0.3) is 0 Å². The van der Waals surface area contributed by atoms with Crippen LogP contribution in [0, 0.1) is 11.8 Å². The Labute approximate surface area is 217 Å². The predicted molar refractivity (Wildman–Crippen MR) is 137 cm³/mol. The highest BCUT2D eigenvalue weighted by Crippen LogP contribution is 2.51. The molecule has 1 saturated carbocycles. The smallest absolute Gasteiger partial charge is 0.247 e. The average molecular weight is 515 g/mol. The van der Waals surface area contributed by atoms with Gasteiger partial charge in [-0.25, -0.2) is 0 Å². The van der Waals surface area contributed by atoms with Gasteiger partial charge in [0, 0.05) is 35.7 Å². The van der Waals surface area contributed by atoms with Crippen molar-refractivity contribution in [2.45, 2.75) is 70.1 Å². The number of carbonyl (C=O) groups is 3. The van der Waals surface area contributed by atoms with Crippen LogP contribution in [0.2, 0.25) is 0 Å². The third-order valence-electron chi connectivity index (χ3n) is 7.73. The van der Waals surface area contributed by atoms with E-state index in [1.807, 2.05) is 13.8 Å². The molecule has 4 rings (SSSR count). The number of aliphatic hydroxyl groups excluding tert-OH is 2. The number of hydrogen-bond donors (Lipinski definition) is 3. The maximum Gasteiger partial charge on any atom is 0.247 e. The third-order valence-corrected chi connectivity index (χ3v) is 7.73. The molecule has 1 aromatic rings. The minimum absolute atomic E-state index is 0.0584. The zero-order valence-electron chi connectivity index (χ0n) is 21.8. The lowest BCUT2D eigenvalue weighted by molar-refractivity contribution is -0.141. The predicted octanol–water partition coefficient (Wildman–Crippen LogP) is 2.20. The summed E-state index contributed by atoms with van der Waals surface area (Å²) in [6, 6.07) is 2.44. The topological polar surface area (TPSA) is 125 Å². The second kappa shape index (κ2) is 11.6. The van der Waals surface area contributed by atoms with Crippen LogP contribution in [0.4, 0.5) is 0 Å². The maximum atomic E-state index is 13.5. The average Bonchev–Trinajstić information content (AvgIpc) is 3.30. The molecule has 0 spiro atoms. The first kappa shape index (κ1) is 27.1. The number of ether oxygens (including phenoxy) is 2. The number of rotatable bonds is 9. The molecule has 0 aromatic heterocycles. The quantitative estimate of drug-likeness (QED) is 0.432. The van der Waals surface area contributed by atoms with Crippen LogP contribution >= 0.6 is 0 Å². The molecule has 1 fully saturated rings. The van der Waals surface area contributed by atoms with Gasteiger partial charge in [-0.05, 0) is 37.0 Å². The summed E-state index contributed by atoms with van der Waals surface area (Å²) in [6.07, 6.45) is 5.89. The van der Waals surface area contributed by atoms with Crippen LogP contribution < -0.4 is 14.8 Å². The van der Waals surface area contributed by atoms with Crippen LogP contribution in [0.15, 0.2) is 23.8 Å². The molecule has 3 aliphatic rings. The highest BCUT2D eigenvalue weighted by molar-refractivity contribution is 5.96. The van der Waals surface area contributed by atoms with Crippen molar-refractivity contribution < 1.29 is 34.1 Å². The number of aliphatic hydroxyl groups is 2. The summed E-state index contributed by atoms with van der Waals surface area (Å²) < 4.78 is 11.7. The number of nitrogens with zero attached hydrogens (tertiary/aromatic N) is 1. The van der Waals surface area contributed by atoms with E-state index in [0.29, 0.717) is 46.9 Å². The van der Waals surface area contributed by atoms with Crippen LogP contribution in [0.3, 0.4) is 0 Å². The Balaban J connectivity index is 1.79. The summed E-state index contributed by atoms with van der Waals surface area (Å²) in [7, 11) is 1.46. The Kier molecular flexibility index (Phi) is 8.54. The number of methoxy groups -OCH3 is 1. The van der Waals surface area contributed by atoms with Gasteiger partial charge >= 0.3 is 0 Å². The van der Waals surface area contributed by atoms with E-state index in [9.17, 15) is 24.6 Å². The highest BCUT2D eigenvalue weighted by atomic mass is 16.5.